The number of nitrogens with zero attached hydrogens (tertiary/aromatic N) is 4. The van der Waals surface area contributed by atoms with Gasteiger partial charge in [-0.25, -0.2) is 15.0 Å². The van der Waals surface area contributed by atoms with Crippen molar-refractivity contribution in [3.05, 3.63) is 229 Å². The molecule has 2 aliphatic rings. The molecule has 1 spiro atoms. The Bertz CT molecular complexity index is 3120. The minimum absolute atomic E-state index is 0.556. The quantitative estimate of drug-likeness (QED) is 0.177. The first-order chi connectivity index (χ1) is 28.8. The smallest absolute Gasteiger partial charge is 0.164 e. The van der Waals surface area contributed by atoms with Gasteiger partial charge in [0.25, 0.3) is 0 Å². The van der Waals surface area contributed by atoms with E-state index in [2.05, 4.69) is 175 Å². The Hall–Kier alpha value is -7.69. The fourth-order valence-electron chi connectivity index (χ4n) is 9.60. The molecule has 2 heterocycles. The first-order valence-corrected chi connectivity index (χ1v) is 19.8. The van der Waals surface area contributed by atoms with Crippen LogP contribution in [0.25, 0.3) is 84.1 Å². The zero-order valence-corrected chi connectivity index (χ0v) is 31.4. The SMILES string of the molecule is c1ccc(-c2nc(-c3ccccc3)nc(-c3ccc4c(c3)C3(c5ccccc5-c5ccccc53)c3cc(-c5cn(-c6ccccc6)c6ccccc56)ccc3-4)n2)cc1. The third kappa shape index (κ3) is 4.72. The van der Waals surface area contributed by atoms with E-state index in [-0.39, 0.29) is 0 Å². The summed E-state index contributed by atoms with van der Waals surface area (Å²) >= 11 is 0. The highest BCUT2D eigenvalue weighted by Crippen LogP contribution is 2.63. The maximum atomic E-state index is 5.16. The molecule has 4 heteroatoms. The molecule has 4 nitrogen and oxygen atoms in total. The van der Waals surface area contributed by atoms with Crippen molar-refractivity contribution >= 4 is 10.9 Å². The molecule has 10 aromatic rings. The van der Waals surface area contributed by atoms with Crippen molar-refractivity contribution in [3.63, 3.8) is 0 Å². The van der Waals surface area contributed by atoms with Crippen LogP contribution in [0.3, 0.4) is 0 Å². The number of benzene rings is 8. The third-order valence-corrected chi connectivity index (χ3v) is 12.1. The molecule has 0 fully saturated rings. The summed E-state index contributed by atoms with van der Waals surface area (Å²) in [5.41, 5.74) is 17.2. The van der Waals surface area contributed by atoms with Gasteiger partial charge in [0, 0.05) is 39.5 Å². The van der Waals surface area contributed by atoms with E-state index in [9.17, 15) is 0 Å². The molecule has 0 N–H and O–H groups in total. The molecule has 2 aromatic heterocycles. The van der Waals surface area contributed by atoms with Gasteiger partial charge in [-0.05, 0) is 80.4 Å². The van der Waals surface area contributed by atoms with Gasteiger partial charge in [0.05, 0.1) is 10.9 Å². The van der Waals surface area contributed by atoms with E-state index in [1.807, 2.05) is 36.4 Å². The highest BCUT2D eigenvalue weighted by molar-refractivity contribution is 6.00. The molecule has 0 radical (unpaired) electrons. The average Bonchev–Trinajstić information content (AvgIpc) is 3.94. The maximum Gasteiger partial charge on any atom is 0.164 e. The van der Waals surface area contributed by atoms with Crippen LogP contribution in [-0.4, -0.2) is 19.5 Å². The highest BCUT2D eigenvalue weighted by atomic mass is 15.0. The van der Waals surface area contributed by atoms with Crippen molar-refractivity contribution in [3.8, 4) is 73.2 Å². The van der Waals surface area contributed by atoms with E-state index in [0.717, 1.165) is 22.4 Å². The summed E-state index contributed by atoms with van der Waals surface area (Å²) in [5, 5.41) is 1.23. The Kier molecular flexibility index (Phi) is 7.11. The van der Waals surface area contributed by atoms with Crippen molar-refractivity contribution < 1.29 is 0 Å². The van der Waals surface area contributed by atoms with Crippen LogP contribution in [0.4, 0.5) is 0 Å². The van der Waals surface area contributed by atoms with Crippen LogP contribution in [0.5, 0.6) is 0 Å². The van der Waals surface area contributed by atoms with Crippen LogP contribution in [0.1, 0.15) is 22.3 Å². The van der Waals surface area contributed by atoms with Crippen LogP contribution in [0.15, 0.2) is 206 Å². The number of para-hydroxylation sites is 2. The lowest BCUT2D eigenvalue weighted by molar-refractivity contribution is 0.794. The second-order valence-electron chi connectivity index (χ2n) is 15.2. The Labute approximate surface area is 336 Å². The van der Waals surface area contributed by atoms with E-state index in [4.69, 9.17) is 15.0 Å². The molecule has 0 bridgehead atoms. The summed E-state index contributed by atoms with van der Waals surface area (Å²) in [6.07, 6.45) is 2.31. The van der Waals surface area contributed by atoms with Gasteiger partial charge >= 0.3 is 0 Å². The van der Waals surface area contributed by atoms with E-state index in [1.165, 1.54) is 66.5 Å². The summed E-state index contributed by atoms with van der Waals surface area (Å²) in [4.78, 5) is 15.3. The van der Waals surface area contributed by atoms with Gasteiger partial charge < -0.3 is 4.57 Å². The largest absolute Gasteiger partial charge is 0.316 e. The van der Waals surface area contributed by atoms with E-state index >= 15 is 0 Å². The van der Waals surface area contributed by atoms with Gasteiger partial charge in [-0.1, -0.05) is 170 Å². The number of fused-ring (bicyclic) bond motifs is 11. The van der Waals surface area contributed by atoms with Gasteiger partial charge in [-0.2, -0.15) is 0 Å². The molecule has 2 aliphatic carbocycles. The number of hydrogen-bond donors (Lipinski definition) is 0. The summed E-state index contributed by atoms with van der Waals surface area (Å²) in [5.74, 6) is 1.95. The fraction of sp³-hybridized carbons (Fsp3) is 0.0185. The first kappa shape index (κ1) is 32.5. The Balaban J connectivity index is 1.11. The second kappa shape index (κ2) is 12.7. The molecule has 58 heavy (non-hydrogen) atoms. The third-order valence-electron chi connectivity index (χ3n) is 12.1. The van der Waals surface area contributed by atoms with Crippen molar-refractivity contribution in [2.24, 2.45) is 0 Å². The molecule has 0 aliphatic heterocycles. The van der Waals surface area contributed by atoms with Crippen LogP contribution in [0.2, 0.25) is 0 Å². The van der Waals surface area contributed by atoms with Crippen molar-refractivity contribution in [2.75, 3.05) is 0 Å². The van der Waals surface area contributed by atoms with E-state index in [1.54, 1.807) is 0 Å². The predicted molar refractivity (Wildman–Crippen MR) is 235 cm³/mol. The maximum absolute atomic E-state index is 5.16. The first-order valence-electron chi connectivity index (χ1n) is 19.8. The Morgan fingerprint density at radius 3 is 1.38 bits per heavy atom. The molecule has 270 valence electrons. The second-order valence-corrected chi connectivity index (χ2v) is 15.2. The average molecular weight is 739 g/mol. The fourth-order valence-corrected chi connectivity index (χ4v) is 9.60. The topological polar surface area (TPSA) is 43.6 Å². The lowest BCUT2D eigenvalue weighted by Gasteiger charge is -2.31. The normalized spacial score (nSPS) is 13.0. The van der Waals surface area contributed by atoms with Gasteiger partial charge in [-0.15, -0.1) is 0 Å². The van der Waals surface area contributed by atoms with Gasteiger partial charge in [-0.3, -0.25) is 0 Å². The van der Waals surface area contributed by atoms with E-state index < -0.39 is 5.41 Å². The standard InChI is InChI=1S/C54H34N4/c1-4-16-35(17-5-1)51-55-52(36-18-6-2-7-19-36)57-53(56-51)38-29-31-43-42-30-28-37(45-34-58(39-20-8-3-9-21-39)50-27-15-12-24-44(45)50)32-48(42)54(49(43)33-38)46-25-13-10-22-40(46)41-23-11-14-26-47(41)54/h1-34H. The molecule has 8 aromatic carbocycles. The molecule has 0 saturated heterocycles. The van der Waals surface area contributed by atoms with Crippen LogP contribution < -0.4 is 0 Å². The molecular formula is C54H34N4. The molecule has 0 saturated carbocycles. The summed E-state index contributed by atoms with van der Waals surface area (Å²) in [6, 6.07) is 71.6. The van der Waals surface area contributed by atoms with Crippen LogP contribution in [0, 0.1) is 0 Å². The monoisotopic (exact) mass is 738 g/mol. The number of hydrogen-bond acceptors (Lipinski definition) is 3. The van der Waals surface area contributed by atoms with Gasteiger partial charge in [0.2, 0.25) is 0 Å². The van der Waals surface area contributed by atoms with Crippen LogP contribution in [-0.2, 0) is 5.41 Å². The molecule has 0 atom stereocenters. The zero-order valence-electron chi connectivity index (χ0n) is 31.4. The number of rotatable bonds is 5. The molecule has 0 amide bonds. The van der Waals surface area contributed by atoms with Crippen LogP contribution >= 0.6 is 0 Å². The minimum atomic E-state index is -0.556. The minimum Gasteiger partial charge on any atom is -0.316 e. The Morgan fingerprint density at radius 1 is 0.328 bits per heavy atom. The predicted octanol–water partition coefficient (Wildman–Crippen LogP) is 12.8. The highest BCUT2D eigenvalue weighted by Gasteiger charge is 2.51. The van der Waals surface area contributed by atoms with Gasteiger partial charge in [0.1, 0.15) is 0 Å². The molecule has 0 unspecified atom stereocenters. The van der Waals surface area contributed by atoms with E-state index in [0.29, 0.717) is 17.5 Å². The lowest BCUT2D eigenvalue weighted by Crippen LogP contribution is -2.26. The van der Waals surface area contributed by atoms with Crippen molar-refractivity contribution in [2.45, 2.75) is 5.41 Å². The lowest BCUT2D eigenvalue weighted by atomic mass is 9.70. The zero-order chi connectivity index (χ0) is 38.2. The van der Waals surface area contributed by atoms with Crippen molar-refractivity contribution in [1.29, 1.82) is 0 Å². The Morgan fingerprint density at radius 2 is 0.776 bits per heavy atom. The number of aromatic nitrogens is 4. The van der Waals surface area contributed by atoms with Gasteiger partial charge in [0.15, 0.2) is 17.5 Å². The molecule has 12 rings (SSSR count). The molecular weight excluding hydrogens is 705 g/mol. The summed E-state index contributed by atoms with van der Waals surface area (Å²) < 4.78 is 2.32. The summed E-state index contributed by atoms with van der Waals surface area (Å²) in [7, 11) is 0. The van der Waals surface area contributed by atoms with Crippen molar-refractivity contribution in [1.82, 2.24) is 19.5 Å². The summed E-state index contributed by atoms with van der Waals surface area (Å²) in [6.45, 7) is 0.